The number of carbonyl (C=O) groups excluding carboxylic acids is 1. The van der Waals surface area contributed by atoms with Gasteiger partial charge in [0.05, 0.1) is 18.2 Å². The van der Waals surface area contributed by atoms with Gasteiger partial charge in [0.25, 0.3) is 0 Å². The van der Waals surface area contributed by atoms with Crippen LogP contribution in [0.4, 0.5) is 0 Å². The van der Waals surface area contributed by atoms with Crippen molar-refractivity contribution in [1.82, 2.24) is 0 Å². The second kappa shape index (κ2) is 5.38. The van der Waals surface area contributed by atoms with Crippen molar-refractivity contribution in [2.24, 2.45) is 0 Å². The lowest BCUT2D eigenvalue weighted by Crippen LogP contribution is -2.04. The molecule has 15 heavy (non-hydrogen) atoms. The molecule has 4 heteroatoms. The first-order valence-electron chi connectivity index (χ1n) is 4.49. The van der Waals surface area contributed by atoms with Crippen molar-refractivity contribution in [1.29, 1.82) is 5.26 Å². The van der Waals surface area contributed by atoms with Crippen molar-refractivity contribution in [3.63, 3.8) is 0 Å². The van der Waals surface area contributed by atoms with E-state index in [4.69, 9.17) is 21.6 Å². The summed E-state index contributed by atoms with van der Waals surface area (Å²) in [5, 5.41) is 7.90. The number of carbonyl (C=O) groups is 1. The van der Waals surface area contributed by atoms with Crippen molar-refractivity contribution in [2.75, 3.05) is 6.61 Å². The Morgan fingerprint density at radius 3 is 2.60 bits per heavy atom. The molecule has 0 aromatic heterocycles. The lowest BCUT2D eigenvalue weighted by molar-refractivity contribution is 0.0526. The van der Waals surface area contributed by atoms with E-state index < -0.39 is 5.38 Å². The average Bonchev–Trinajstić information content (AvgIpc) is 2.28. The van der Waals surface area contributed by atoms with Gasteiger partial charge in [0, 0.05) is 0 Å². The van der Waals surface area contributed by atoms with Crippen LogP contribution in [0.3, 0.4) is 0 Å². The maximum Gasteiger partial charge on any atom is 0.338 e. The van der Waals surface area contributed by atoms with Gasteiger partial charge in [-0.05, 0) is 24.6 Å². The summed E-state index contributed by atoms with van der Waals surface area (Å²) in [7, 11) is 0. The van der Waals surface area contributed by atoms with Crippen molar-refractivity contribution in [2.45, 2.75) is 12.3 Å². The number of rotatable bonds is 3. The molecule has 0 saturated carbocycles. The van der Waals surface area contributed by atoms with E-state index in [9.17, 15) is 4.79 Å². The van der Waals surface area contributed by atoms with E-state index in [1.54, 1.807) is 31.2 Å². The predicted molar refractivity (Wildman–Crippen MR) is 56.6 cm³/mol. The molecule has 0 aliphatic rings. The molecule has 0 saturated heterocycles. The molecule has 1 rings (SSSR count). The van der Waals surface area contributed by atoms with E-state index >= 15 is 0 Å². The minimum atomic E-state index is -0.679. The monoisotopic (exact) mass is 223 g/mol. The Kier molecular flexibility index (Phi) is 4.14. The van der Waals surface area contributed by atoms with Crippen LogP contribution in [-0.4, -0.2) is 12.6 Å². The molecular formula is C11H10ClNO2. The highest BCUT2D eigenvalue weighted by Crippen LogP contribution is 2.19. The van der Waals surface area contributed by atoms with Gasteiger partial charge in [-0.25, -0.2) is 4.79 Å². The zero-order valence-electron chi connectivity index (χ0n) is 8.24. The molecule has 0 aliphatic heterocycles. The number of hydrogen-bond acceptors (Lipinski definition) is 3. The second-order valence-corrected chi connectivity index (χ2v) is 3.27. The maximum atomic E-state index is 11.3. The Morgan fingerprint density at radius 2 is 2.13 bits per heavy atom. The summed E-state index contributed by atoms with van der Waals surface area (Å²) in [6.45, 7) is 2.09. The van der Waals surface area contributed by atoms with Gasteiger partial charge < -0.3 is 4.74 Å². The molecule has 1 aromatic carbocycles. The third kappa shape index (κ3) is 2.97. The number of benzene rings is 1. The Morgan fingerprint density at radius 1 is 1.53 bits per heavy atom. The van der Waals surface area contributed by atoms with Crippen molar-refractivity contribution in [3.05, 3.63) is 35.4 Å². The van der Waals surface area contributed by atoms with Crippen LogP contribution >= 0.6 is 11.6 Å². The van der Waals surface area contributed by atoms with Gasteiger partial charge in [0.2, 0.25) is 0 Å². The molecule has 0 spiro atoms. The zero-order valence-corrected chi connectivity index (χ0v) is 8.99. The van der Waals surface area contributed by atoms with E-state index in [1.165, 1.54) is 0 Å². The number of halogens is 1. The highest BCUT2D eigenvalue weighted by molar-refractivity contribution is 6.22. The fourth-order valence-corrected chi connectivity index (χ4v) is 1.22. The van der Waals surface area contributed by atoms with Gasteiger partial charge in [-0.1, -0.05) is 12.1 Å². The molecule has 3 nitrogen and oxygen atoms in total. The van der Waals surface area contributed by atoms with Crippen LogP contribution in [0.25, 0.3) is 0 Å². The number of alkyl halides is 1. The number of ether oxygens (including phenoxy) is 1. The van der Waals surface area contributed by atoms with Gasteiger partial charge >= 0.3 is 5.97 Å². The highest BCUT2D eigenvalue weighted by Gasteiger charge is 2.09. The minimum absolute atomic E-state index is 0.344. The quantitative estimate of drug-likeness (QED) is 0.585. The lowest BCUT2D eigenvalue weighted by atomic mass is 10.1. The van der Waals surface area contributed by atoms with Crippen molar-refractivity contribution >= 4 is 17.6 Å². The van der Waals surface area contributed by atoms with Crippen LogP contribution in [-0.2, 0) is 4.74 Å². The molecule has 1 atom stereocenters. The first-order valence-corrected chi connectivity index (χ1v) is 4.93. The fourth-order valence-electron chi connectivity index (χ4n) is 1.08. The molecule has 0 aliphatic carbocycles. The minimum Gasteiger partial charge on any atom is -0.462 e. The van der Waals surface area contributed by atoms with E-state index in [0.717, 1.165) is 0 Å². The Labute approximate surface area is 93.2 Å². The molecule has 0 fully saturated rings. The van der Waals surface area contributed by atoms with Gasteiger partial charge in [-0.2, -0.15) is 5.26 Å². The van der Waals surface area contributed by atoms with Crippen LogP contribution in [0.15, 0.2) is 24.3 Å². The van der Waals surface area contributed by atoms with Gasteiger partial charge in [-0.15, -0.1) is 11.6 Å². The summed E-state index contributed by atoms with van der Waals surface area (Å²) in [4.78, 5) is 11.3. The Bertz CT molecular complexity index is 381. The lowest BCUT2D eigenvalue weighted by Gasteiger charge is -2.03. The molecule has 0 N–H and O–H groups in total. The van der Waals surface area contributed by atoms with Crippen LogP contribution < -0.4 is 0 Å². The van der Waals surface area contributed by atoms with Crippen LogP contribution in [0.2, 0.25) is 0 Å². The summed E-state index contributed by atoms with van der Waals surface area (Å²) in [5.74, 6) is -0.368. The first-order chi connectivity index (χ1) is 7.19. The van der Waals surface area contributed by atoms with E-state index in [-0.39, 0.29) is 5.97 Å². The summed E-state index contributed by atoms with van der Waals surface area (Å²) in [6, 6.07) is 8.39. The maximum absolute atomic E-state index is 11.3. The molecule has 0 radical (unpaired) electrons. The molecule has 0 bridgehead atoms. The molecule has 1 unspecified atom stereocenters. The van der Waals surface area contributed by atoms with Crippen LogP contribution in [0, 0.1) is 11.3 Å². The fraction of sp³-hybridized carbons (Fsp3) is 0.273. The molecule has 0 amide bonds. The SMILES string of the molecule is CCOC(=O)c1ccc(C(Cl)C#N)cc1. The number of nitrogens with zero attached hydrogens (tertiary/aromatic N) is 1. The smallest absolute Gasteiger partial charge is 0.338 e. The number of esters is 1. The normalized spacial score (nSPS) is 11.5. The summed E-state index contributed by atoms with van der Waals surface area (Å²) < 4.78 is 4.82. The van der Waals surface area contributed by atoms with E-state index in [1.807, 2.05) is 6.07 Å². The summed E-state index contributed by atoms with van der Waals surface area (Å²) in [5.41, 5.74) is 1.13. The van der Waals surface area contributed by atoms with Gasteiger partial charge in [0.1, 0.15) is 5.38 Å². The third-order valence-electron chi connectivity index (χ3n) is 1.83. The van der Waals surface area contributed by atoms with Crippen molar-refractivity contribution < 1.29 is 9.53 Å². The van der Waals surface area contributed by atoms with Crippen LogP contribution in [0.1, 0.15) is 28.2 Å². The largest absolute Gasteiger partial charge is 0.462 e. The summed E-state index contributed by atoms with van der Waals surface area (Å²) >= 11 is 5.71. The molecule has 0 heterocycles. The molecule has 78 valence electrons. The topological polar surface area (TPSA) is 50.1 Å². The third-order valence-corrected chi connectivity index (χ3v) is 2.18. The summed E-state index contributed by atoms with van der Waals surface area (Å²) in [6.07, 6.45) is 0. The highest BCUT2D eigenvalue weighted by atomic mass is 35.5. The predicted octanol–water partition coefficient (Wildman–Crippen LogP) is 2.67. The Balaban J connectivity index is 2.81. The average molecular weight is 224 g/mol. The molecular weight excluding hydrogens is 214 g/mol. The standard InChI is InChI=1S/C11H10ClNO2/c1-2-15-11(14)9-5-3-8(4-6-9)10(12)7-13/h3-6,10H,2H2,1H3. The van der Waals surface area contributed by atoms with Crippen LogP contribution in [0.5, 0.6) is 0 Å². The molecule has 1 aromatic rings. The van der Waals surface area contributed by atoms with Gasteiger partial charge in [0.15, 0.2) is 0 Å². The zero-order chi connectivity index (χ0) is 11.3. The first kappa shape index (κ1) is 11.5. The van der Waals surface area contributed by atoms with E-state index in [0.29, 0.717) is 17.7 Å². The van der Waals surface area contributed by atoms with Crippen molar-refractivity contribution in [3.8, 4) is 6.07 Å². The number of nitriles is 1. The van der Waals surface area contributed by atoms with E-state index in [2.05, 4.69) is 0 Å². The van der Waals surface area contributed by atoms with Gasteiger partial charge in [-0.3, -0.25) is 0 Å². The second-order valence-electron chi connectivity index (χ2n) is 2.83. The number of hydrogen-bond donors (Lipinski definition) is 0. The Hall–Kier alpha value is -1.53.